The fraction of sp³-hybridized carbons (Fsp3) is 0.207. The van der Waals surface area contributed by atoms with Gasteiger partial charge in [0.25, 0.3) is 11.8 Å². The molecule has 184 valence electrons. The summed E-state index contributed by atoms with van der Waals surface area (Å²) in [5.41, 5.74) is 3.88. The summed E-state index contributed by atoms with van der Waals surface area (Å²) in [4.78, 5) is 39.7. The van der Waals surface area contributed by atoms with Gasteiger partial charge in [-0.3, -0.25) is 9.59 Å². The van der Waals surface area contributed by atoms with Gasteiger partial charge >= 0.3 is 5.97 Å². The van der Waals surface area contributed by atoms with Gasteiger partial charge in [0.2, 0.25) is 0 Å². The molecule has 1 aliphatic heterocycles. The predicted molar refractivity (Wildman–Crippen MR) is 141 cm³/mol. The average Bonchev–Trinajstić information content (AvgIpc) is 3.01. The highest BCUT2D eigenvalue weighted by molar-refractivity contribution is 6.53. The predicted octanol–water partition coefficient (Wildman–Crippen LogP) is 6.26. The number of carbonyl (C=O) groups excluding carboxylic acids is 3. The third-order valence-electron chi connectivity index (χ3n) is 5.78. The van der Waals surface area contributed by atoms with E-state index >= 15 is 0 Å². The van der Waals surface area contributed by atoms with Crippen LogP contribution in [-0.2, 0) is 15.0 Å². The molecule has 3 aromatic carbocycles. The molecular formula is C29H27ClN2O4. The number of para-hydroxylation sites is 1. The number of hydrogen-bond acceptors (Lipinski definition) is 5. The van der Waals surface area contributed by atoms with Crippen LogP contribution in [0.3, 0.4) is 0 Å². The lowest BCUT2D eigenvalue weighted by Gasteiger charge is -2.22. The van der Waals surface area contributed by atoms with Crippen molar-refractivity contribution in [1.29, 1.82) is 0 Å². The van der Waals surface area contributed by atoms with Crippen molar-refractivity contribution in [3.63, 3.8) is 0 Å². The second kappa shape index (κ2) is 9.63. The minimum absolute atomic E-state index is 0.0183. The molecule has 0 saturated heterocycles. The molecule has 0 aliphatic carbocycles. The van der Waals surface area contributed by atoms with Gasteiger partial charge in [-0.1, -0.05) is 56.6 Å². The van der Waals surface area contributed by atoms with Gasteiger partial charge in [0.05, 0.1) is 11.3 Å². The van der Waals surface area contributed by atoms with Crippen LogP contribution in [0.1, 0.15) is 47.8 Å². The molecule has 7 heteroatoms. The van der Waals surface area contributed by atoms with E-state index in [9.17, 15) is 14.4 Å². The van der Waals surface area contributed by atoms with Gasteiger partial charge < -0.3 is 10.1 Å². The van der Waals surface area contributed by atoms with Gasteiger partial charge in [-0.25, -0.2) is 9.69 Å². The summed E-state index contributed by atoms with van der Waals surface area (Å²) in [6.07, 6.45) is 0. The lowest BCUT2D eigenvalue weighted by atomic mass is 9.86. The van der Waals surface area contributed by atoms with E-state index in [1.54, 1.807) is 42.5 Å². The Hall–Kier alpha value is -3.90. The Morgan fingerprint density at radius 3 is 2.11 bits per heavy atom. The largest absolute Gasteiger partial charge is 0.423 e. The van der Waals surface area contributed by atoms with Crippen molar-refractivity contribution in [1.82, 2.24) is 0 Å². The first-order valence-corrected chi connectivity index (χ1v) is 11.9. The van der Waals surface area contributed by atoms with Crippen LogP contribution in [0.4, 0.5) is 11.4 Å². The lowest BCUT2D eigenvalue weighted by Crippen LogP contribution is -2.32. The fourth-order valence-corrected chi connectivity index (χ4v) is 4.31. The van der Waals surface area contributed by atoms with Crippen LogP contribution in [0.25, 0.3) is 0 Å². The first kappa shape index (κ1) is 25.2. The summed E-state index contributed by atoms with van der Waals surface area (Å²) >= 11 is 6.25. The molecule has 2 amide bonds. The standard InChI is InChI=1S/C29H27ClN2O4/c1-17-14-18(2)16-21(15-17)32-26(33)24(30)25(27(32)34)31-20-12-10-19(11-13-20)28(35)36-23-9-7-6-8-22(23)29(3,4)5/h6-16,31H,1-5H3. The minimum Gasteiger partial charge on any atom is -0.423 e. The Kier molecular flexibility index (Phi) is 6.74. The second-order valence-electron chi connectivity index (χ2n) is 9.82. The van der Waals surface area contributed by atoms with Crippen LogP contribution in [0, 0.1) is 13.8 Å². The lowest BCUT2D eigenvalue weighted by molar-refractivity contribution is -0.120. The molecule has 3 aromatic rings. The summed E-state index contributed by atoms with van der Waals surface area (Å²) < 4.78 is 5.67. The fourth-order valence-electron chi connectivity index (χ4n) is 4.09. The molecule has 0 atom stereocenters. The normalized spacial score (nSPS) is 13.9. The Morgan fingerprint density at radius 2 is 1.50 bits per heavy atom. The monoisotopic (exact) mass is 502 g/mol. The van der Waals surface area contributed by atoms with Crippen molar-refractivity contribution < 1.29 is 19.1 Å². The zero-order chi connectivity index (χ0) is 26.2. The zero-order valence-electron chi connectivity index (χ0n) is 20.8. The molecule has 0 fully saturated rings. The molecule has 0 saturated carbocycles. The second-order valence-corrected chi connectivity index (χ2v) is 10.2. The van der Waals surface area contributed by atoms with E-state index in [0.29, 0.717) is 22.7 Å². The maximum absolute atomic E-state index is 13.1. The Labute approximate surface area is 215 Å². The molecule has 1 heterocycles. The van der Waals surface area contributed by atoms with E-state index in [0.717, 1.165) is 21.6 Å². The molecular weight excluding hydrogens is 476 g/mol. The number of amides is 2. The van der Waals surface area contributed by atoms with Crippen molar-refractivity contribution in [2.45, 2.75) is 40.0 Å². The van der Waals surface area contributed by atoms with Crippen molar-refractivity contribution >= 4 is 40.8 Å². The molecule has 1 N–H and O–H groups in total. The van der Waals surface area contributed by atoms with Crippen LogP contribution in [-0.4, -0.2) is 17.8 Å². The number of nitrogens with one attached hydrogen (secondary N) is 1. The maximum Gasteiger partial charge on any atom is 0.343 e. The average molecular weight is 503 g/mol. The quantitative estimate of drug-likeness (QED) is 0.253. The number of esters is 1. The van der Waals surface area contributed by atoms with Crippen LogP contribution in [0.5, 0.6) is 5.75 Å². The number of carbonyl (C=O) groups is 3. The molecule has 0 bridgehead atoms. The van der Waals surface area contributed by atoms with Gasteiger partial charge in [-0.15, -0.1) is 0 Å². The van der Waals surface area contributed by atoms with Crippen molar-refractivity contribution in [2.24, 2.45) is 0 Å². The van der Waals surface area contributed by atoms with Crippen molar-refractivity contribution in [2.75, 3.05) is 10.2 Å². The summed E-state index contributed by atoms with van der Waals surface area (Å²) in [5.74, 6) is -1.12. The molecule has 36 heavy (non-hydrogen) atoms. The van der Waals surface area contributed by atoms with Gasteiger partial charge in [0.1, 0.15) is 16.5 Å². The summed E-state index contributed by atoms with van der Waals surface area (Å²) in [7, 11) is 0. The highest BCUT2D eigenvalue weighted by Gasteiger charge is 2.39. The third-order valence-corrected chi connectivity index (χ3v) is 6.13. The van der Waals surface area contributed by atoms with Crippen LogP contribution in [0.15, 0.2) is 77.5 Å². The van der Waals surface area contributed by atoms with E-state index in [-0.39, 0.29) is 16.1 Å². The SMILES string of the molecule is Cc1cc(C)cc(N2C(=O)C(Cl)=C(Nc3ccc(C(=O)Oc4ccccc4C(C)(C)C)cc3)C2=O)c1. The van der Waals surface area contributed by atoms with E-state index in [2.05, 4.69) is 26.1 Å². The molecule has 1 aliphatic rings. The first-order valence-electron chi connectivity index (χ1n) is 11.5. The Balaban J connectivity index is 1.50. The number of benzene rings is 3. The van der Waals surface area contributed by atoms with Crippen molar-refractivity contribution in [3.8, 4) is 5.75 Å². The molecule has 4 rings (SSSR count). The van der Waals surface area contributed by atoms with E-state index in [1.807, 2.05) is 38.1 Å². The molecule has 6 nitrogen and oxygen atoms in total. The number of halogens is 1. The number of hydrogen-bond donors (Lipinski definition) is 1. The molecule has 0 aromatic heterocycles. The number of imide groups is 1. The van der Waals surface area contributed by atoms with Crippen LogP contribution < -0.4 is 15.0 Å². The number of anilines is 2. The van der Waals surface area contributed by atoms with Gasteiger partial charge in [-0.2, -0.15) is 0 Å². The summed E-state index contributed by atoms with van der Waals surface area (Å²) in [6.45, 7) is 9.94. The van der Waals surface area contributed by atoms with Crippen molar-refractivity contribution in [3.05, 3.63) is 99.7 Å². The molecule has 0 radical (unpaired) electrons. The number of aryl methyl sites for hydroxylation is 2. The minimum atomic E-state index is -0.591. The number of ether oxygens (including phenoxy) is 1. The smallest absolute Gasteiger partial charge is 0.343 e. The van der Waals surface area contributed by atoms with Crippen LogP contribution in [0.2, 0.25) is 0 Å². The van der Waals surface area contributed by atoms with Gasteiger partial charge in [0, 0.05) is 11.3 Å². The maximum atomic E-state index is 13.1. The highest BCUT2D eigenvalue weighted by Crippen LogP contribution is 2.33. The molecule has 0 unspecified atom stereocenters. The summed E-state index contributed by atoms with van der Waals surface area (Å²) in [6, 6.07) is 19.3. The Bertz CT molecular complexity index is 1380. The van der Waals surface area contributed by atoms with E-state index < -0.39 is 17.8 Å². The molecule has 0 spiro atoms. The van der Waals surface area contributed by atoms with E-state index in [1.165, 1.54) is 0 Å². The number of rotatable bonds is 5. The Morgan fingerprint density at radius 1 is 0.889 bits per heavy atom. The highest BCUT2D eigenvalue weighted by atomic mass is 35.5. The van der Waals surface area contributed by atoms with Crippen LogP contribution >= 0.6 is 11.6 Å². The topological polar surface area (TPSA) is 75.7 Å². The first-order chi connectivity index (χ1) is 17.0. The van der Waals surface area contributed by atoms with Gasteiger partial charge in [-0.05, 0) is 72.9 Å². The van der Waals surface area contributed by atoms with Gasteiger partial charge in [0.15, 0.2) is 0 Å². The third kappa shape index (κ3) is 5.04. The zero-order valence-corrected chi connectivity index (χ0v) is 21.6. The van der Waals surface area contributed by atoms with E-state index in [4.69, 9.17) is 16.3 Å². The number of nitrogens with zero attached hydrogens (tertiary/aromatic N) is 1. The summed E-state index contributed by atoms with van der Waals surface area (Å²) in [5, 5.41) is 2.74.